The van der Waals surface area contributed by atoms with Crippen LogP contribution in [-0.2, 0) is 16.4 Å². The lowest BCUT2D eigenvalue weighted by atomic mass is 9.92. The van der Waals surface area contributed by atoms with Crippen LogP contribution in [0.5, 0.6) is 0 Å². The van der Waals surface area contributed by atoms with Gasteiger partial charge < -0.3 is 0 Å². The summed E-state index contributed by atoms with van der Waals surface area (Å²) in [5.74, 6) is -0.0846. The molecule has 0 unspecified atom stereocenters. The van der Waals surface area contributed by atoms with Crippen LogP contribution in [0.2, 0.25) is 0 Å². The molecular weight excluding hydrogens is 454 g/mol. The highest BCUT2D eigenvalue weighted by atomic mass is 32.2. The van der Waals surface area contributed by atoms with Gasteiger partial charge in [-0.1, -0.05) is 84.9 Å². The summed E-state index contributed by atoms with van der Waals surface area (Å²) in [7, 11) is -3.67. The first-order valence-corrected chi connectivity index (χ1v) is 13.1. The standard InChI is InChI=1S/C29H27N3O2S/c1-29(31-27-14-8-9-15-28(27)32-29)20-22-16-18-25(19-17-22)35(33,34)30-21-26(23-10-4-2-5-11-23)24-12-6-3-7-13-24/h2-19,26,30H,20-21H2,1H3. The minimum Gasteiger partial charge on any atom is -0.253 e. The van der Waals surface area contributed by atoms with Crippen LogP contribution in [0.3, 0.4) is 0 Å². The second kappa shape index (κ2) is 9.56. The van der Waals surface area contributed by atoms with Gasteiger partial charge in [0.25, 0.3) is 0 Å². The number of benzene rings is 4. The van der Waals surface area contributed by atoms with Crippen molar-refractivity contribution in [1.82, 2.24) is 4.72 Å². The van der Waals surface area contributed by atoms with E-state index in [0.717, 1.165) is 27.4 Å². The van der Waals surface area contributed by atoms with Crippen LogP contribution in [-0.4, -0.2) is 20.6 Å². The van der Waals surface area contributed by atoms with Crippen LogP contribution in [0, 0.1) is 0 Å². The van der Waals surface area contributed by atoms with Crippen molar-refractivity contribution in [3.63, 3.8) is 0 Å². The molecule has 1 aliphatic heterocycles. The average Bonchev–Trinajstić information content (AvgIpc) is 3.21. The average molecular weight is 482 g/mol. The number of nitrogens with zero attached hydrogens (tertiary/aromatic N) is 2. The Morgan fingerprint density at radius 2 is 1.20 bits per heavy atom. The summed E-state index contributed by atoms with van der Waals surface area (Å²) >= 11 is 0. The molecule has 0 spiro atoms. The fourth-order valence-corrected chi connectivity index (χ4v) is 5.57. The highest BCUT2D eigenvalue weighted by Crippen LogP contribution is 2.25. The van der Waals surface area contributed by atoms with Crippen LogP contribution < -0.4 is 15.4 Å². The summed E-state index contributed by atoms with van der Waals surface area (Å²) < 4.78 is 29.1. The van der Waals surface area contributed by atoms with Gasteiger partial charge in [-0.15, -0.1) is 0 Å². The van der Waals surface area contributed by atoms with Gasteiger partial charge in [0.1, 0.15) is 0 Å². The monoisotopic (exact) mass is 481 g/mol. The largest absolute Gasteiger partial charge is 0.253 e. The Morgan fingerprint density at radius 1 is 0.714 bits per heavy atom. The second-order valence-electron chi connectivity index (χ2n) is 8.98. The summed E-state index contributed by atoms with van der Waals surface area (Å²) in [5.41, 5.74) is 2.53. The van der Waals surface area contributed by atoms with Crippen molar-refractivity contribution in [2.75, 3.05) is 6.54 Å². The molecule has 6 heteroatoms. The molecule has 5 rings (SSSR count). The van der Waals surface area contributed by atoms with Crippen LogP contribution in [0.25, 0.3) is 0 Å². The lowest BCUT2D eigenvalue weighted by Gasteiger charge is -2.19. The van der Waals surface area contributed by atoms with E-state index in [1.54, 1.807) is 12.1 Å². The zero-order valence-electron chi connectivity index (χ0n) is 19.5. The number of fused-ring (bicyclic) bond motifs is 1. The molecule has 1 N–H and O–H groups in total. The summed E-state index contributed by atoms with van der Waals surface area (Å²) in [4.78, 5) is 9.76. The third kappa shape index (κ3) is 5.24. The smallest absolute Gasteiger partial charge is 0.240 e. The van der Waals surface area contributed by atoms with E-state index < -0.39 is 15.7 Å². The topological polar surface area (TPSA) is 70.9 Å². The molecule has 5 nitrogen and oxygen atoms in total. The summed E-state index contributed by atoms with van der Waals surface area (Å²) in [6.45, 7) is 2.26. The fourth-order valence-electron chi connectivity index (χ4n) is 4.52. The number of rotatable bonds is 8. The van der Waals surface area contributed by atoms with Gasteiger partial charge in [0.2, 0.25) is 10.0 Å². The van der Waals surface area contributed by atoms with Gasteiger partial charge >= 0.3 is 0 Å². The first-order valence-electron chi connectivity index (χ1n) is 11.7. The molecule has 0 aromatic heterocycles. The number of para-hydroxylation sites is 2. The van der Waals surface area contributed by atoms with Crippen LogP contribution in [0.15, 0.2) is 124 Å². The van der Waals surface area contributed by atoms with Gasteiger partial charge in [-0.2, -0.15) is 0 Å². The Morgan fingerprint density at radius 3 is 1.71 bits per heavy atom. The van der Waals surface area contributed by atoms with Crippen molar-refractivity contribution in [3.8, 4) is 0 Å². The maximum absolute atomic E-state index is 13.1. The van der Waals surface area contributed by atoms with Gasteiger partial charge in [0.15, 0.2) is 5.66 Å². The van der Waals surface area contributed by atoms with Crippen molar-refractivity contribution >= 4 is 10.0 Å². The Balaban J connectivity index is 1.31. The second-order valence-corrected chi connectivity index (χ2v) is 10.7. The summed E-state index contributed by atoms with van der Waals surface area (Å²) in [5, 5.41) is 1.79. The molecular formula is C29H27N3O2S. The van der Waals surface area contributed by atoms with Gasteiger partial charge in [-0.3, -0.25) is 9.98 Å². The van der Waals surface area contributed by atoms with Crippen molar-refractivity contribution in [1.29, 1.82) is 0 Å². The summed E-state index contributed by atoms with van der Waals surface area (Å²) in [6.07, 6.45) is 0.597. The van der Waals surface area contributed by atoms with E-state index in [1.165, 1.54) is 0 Å². The maximum Gasteiger partial charge on any atom is 0.240 e. The molecule has 1 aliphatic rings. The van der Waals surface area contributed by atoms with E-state index in [4.69, 9.17) is 9.98 Å². The Labute approximate surface area is 206 Å². The molecule has 0 saturated heterocycles. The number of hydrogen-bond donors (Lipinski definition) is 1. The van der Waals surface area contributed by atoms with Gasteiger partial charge in [-0.05, 0) is 47.9 Å². The Hall–Kier alpha value is -3.61. The lowest BCUT2D eigenvalue weighted by Crippen LogP contribution is -2.29. The highest BCUT2D eigenvalue weighted by Gasteiger charge is 2.26. The number of hydrogen-bond acceptors (Lipinski definition) is 4. The lowest BCUT2D eigenvalue weighted by molar-refractivity contribution is 0.490. The zero-order valence-corrected chi connectivity index (χ0v) is 20.3. The van der Waals surface area contributed by atoms with Gasteiger partial charge in [0.05, 0.1) is 15.6 Å². The quantitative estimate of drug-likeness (QED) is 0.413. The van der Waals surface area contributed by atoms with E-state index in [2.05, 4.69) is 4.72 Å². The third-order valence-electron chi connectivity index (χ3n) is 6.26. The van der Waals surface area contributed by atoms with Crippen LogP contribution in [0.4, 0.5) is 0 Å². The number of nitrogens with one attached hydrogen (secondary N) is 1. The van der Waals surface area contributed by atoms with E-state index in [0.29, 0.717) is 6.42 Å². The minimum absolute atomic E-state index is 0.0846. The predicted molar refractivity (Wildman–Crippen MR) is 137 cm³/mol. The third-order valence-corrected chi connectivity index (χ3v) is 7.70. The fraction of sp³-hybridized carbons (Fsp3) is 0.172. The molecule has 1 heterocycles. The molecule has 0 atom stereocenters. The first-order chi connectivity index (χ1) is 16.9. The summed E-state index contributed by atoms with van der Waals surface area (Å²) in [6, 6.07) is 34.8. The molecule has 0 aliphatic carbocycles. The molecule has 0 fully saturated rings. The molecule has 0 bridgehead atoms. The molecule has 4 aromatic rings. The van der Waals surface area contributed by atoms with Gasteiger partial charge in [0, 0.05) is 18.9 Å². The van der Waals surface area contributed by atoms with Gasteiger partial charge in [-0.25, -0.2) is 13.1 Å². The van der Waals surface area contributed by atoms with Crippen molar-refractivity contribution in [2.45, 2.75) is 29.8 Å². The Kier molecular flexibility index (Phi) is 6.32. The van der Waals surface area contributed by atoms with Crippen LogP contribution in [0.1, 0.15) is 29.5 Å². The van der Waals surface area contributed by atoms with Crippen molar-refractivity contribution < 1.29 is 8.42 Å². The van der Waals surface area contributed by atoms with E-state index in [-0.39, 0.29) is 17.4 Å². The molecule has 4 aromatic carbocycles. The van der Waals surface area contributed by atoms with Crippen molar-refractivity contribution in [2.24, 2.45) is 9.98 Å². The highest BCUT2D eigenvalue weighted by molar-refractivity contribution is 7.89. The first kappa shape index (κ1) is 23.1. The normalized spacial score (nSPS) is 14.2. The predicted octanol–water partition coefficient (Wildman–Crippen LogP) is 4.01. The molecule has 0 amide bonds. The van der Waals surface area contributed by atoms with Crippen molar-refractivity contribution in [3.05, 3.63) is 137 Å². The molecule has 0 radical (unpaired) electrons. The zero-order chi connectivity index (χ0) is 24.3. The van der Waals surface area contributed by atoms with E-state index in [1.807, 2.05) is 104 Å². The maximum atomic E-state index is 13.1. The van der Waals surface area contributed by atoms with E-state index in [9.17, 15) is 8.42 Å². The SMILES string of the molecule is CC1(Cc2ccc(S(=O)(=O)NCC(c3ccccc3)c3ccccc3)cc2)N=c2ccccc2=N1. The van der Waals surface area contributed by atoms with E-state index >= 15 is 0 Å². The minimum atomic E-state index is -3.67. The molecule has 176 valence electrons. The molecule has 0 saturated carbocycles. The Bertz CT molecular complexity index is 1460. The number of sulfonamides is 1. The molecule has 35 heavy (non-hydrogen) atoms. The van der Waals surface area contributed by atoms with Crippen LogP contribution >= 0.6 is 0 Å².